The van der Waals surface area contributed by atoms with E-state index in [0.29, 0.717) is 22.6 Å². The van der Waals surface area contributed by atoms with Gasteiger partial charge in [-0.3, -0.25) is 4.98 Å². The fourth-order valence-electron chi connectivity index (χ4n) is 6.54. The van der Waals surface area contributed by atoms with Crippen LogP contribution in [0, 0.1) is 11.8 Å². The molecule has 3 unspecified atom stereocenters. The maximum absolute atomic E-state index is 12.0. The Morgan fingerprint density at radius 2 is 2.09 bits per heavy atom. The van der Waals surface area contributed by atoms with Gasteiger partial charge in [0.1, 0.15) is 24.4 Å². The number of hydrogen-bond acceptors (Lipinski definition) is 5. The number of halogens is 1. The monoisotopic (exact) mass is 493 g/mol. The summed E-state index contributed by atoms with van der Waals surface area (Å²) >= 11 is 6.73. The standard InChI is InChI=1S/C28H30ClN2O4/c1-3-17-14-31(15-19-11-26-27(13-23(19)29)35-16-34-26)9-7-18(17)10-25(31)28(32)21-6-8-30-24-5-4-20(33-2)12-22(21)24/h3-6,8,11-13,17-18,25,28,32H,1,7,9-10,14-16H2,2H3/q+1/t17?,18?,25-,28+,31?/m0/s1. The average Bonchev–Trinajstić information content (AvgIpc) is 3.34. The van der Waals surface area contributed by atoms with Crippen molar-refractivity contribution in [2.24, 2.45) is 11.8 Å². The van der Waals surface area contributed by atoms with Crippen molar-refractivity contribution in [1.82, 2.24) is 4.98 Å². The molecule has 4 aliphatic rings. The number of quaternary nitrogens is 1. The minimum atomic E-state index is -0.644. The third-order valence-corrected chi connectivity index (χ3v) is 8.72. The lowest BCUT2D eigenvalue weighted by Crippen LogP contribution is -2.67. The number of benzene rings is 2. The molecule has 35 heavy (non-hydrogen) atoms. The molecule has 3 aromatic rings. The molecular weight excluding hydrogens is 464 g/mol. The van der Waals surface area contributed by atoms with Gasteiger partial charge in [0.2, 0.25) is 6.79 Å². The number of rotatable bonds is 6. The Balaban J connectivity index is 1.41. The van der Waals surface area contributed by atoms with Gasteiger partial charge < -0.3 is 23.8 Å². The predicted octanol–water partition coefficient (Wildman–Crippen LogP) is 5.27. The number of aromatic nitrogens is 1. The van der Waals surface area contributed by atoms with Crippen molar-refractivity contribution in [3.8, 4) is 17.2 Å². The summed E-state index contributed by atoms with van der Waals surface area (Å²) in [6, 6.07) is 11.7. The topological polar surface area (TPSA) is 60.8 Å². The van der Waals surface area contributed by atoms with Crippen LogP contribution in [0.25, 0.3) is 10.9 Å². The summed E-state index contributed by atoms with van der Waals surface area (Å²) in [5.41, 5.74) is 2.78. The van der Waals surface area contributed by atoms with Gasteiger partial charge in [0.15, 0.2) is 11.5 Å². The molecule has 5 atom stereocenters. The molecule has 0 amide bonds. The quantitative estimate of drug-likeness (QED) is 0.374. The molecule has 3 fully saturated rings. The van der Waals surface area contributed by atoms with Gasteiger partial charge in [-0.25, -0.2) is 0 Å². The number of hydrogen-bond donors (Lipinski definition) is 1. The van der Waals surface area contributed by atoms with Crippen molar-refractivity contribution in [2.75, 3.05) is 27.0 Å². The van der Waals surface area contributed by atoms with Crippen molar-refractivity contribution in [3.63, 3.8) is 0 Å². The number of pyridine rings is 1. The summed E-state index contributed by atoms with van der Waals surface area (Å²) in [7, 11) is 1.66. The summed E-state index contributed by atoms with van der Waals surface area (Å²) in [4.78, 5) is 4.52. The number of fused-ring (bicyclic) bond motifs is 5. The molecule has 0 radical (unpaired) electrons. The van der Waals surface area contributed by atoms with E-state index < -0.39 is 6.10 Å². The molecular formula is C28H30ClN2O4+. The van der Waals surface area contributed by atoms with Crippen molar-refractivity contribution < 1.29 is 23.8 Å². The zero-order valence-corrected chi connectivity index (χ0v) is 20.6. The molecule has 0 aliphatic carbocycles. The second-order valence-electron chi connectivity index (χ2n) is 10.1. The Morgan fingerprint density at radius 3 is 2.89 bits per heavy atom. The van der Waals surface area contributed by atoms with E-state index in [4.69, 9.17) is 25.8 Å². The largest absolute Gasteiger partial charge is 0.497 e. The minimum absolute atomic E-state index is 0.0308. The molecule has 2 bridgehead atoms. The number of ether oxygens (including phenoxy) is 3. The molecule has 1 aromatic heterocycles. The molecule has 7 rings (SSSR count). The van der Waals surface area contributed by atoms with Gasteiger partial charge in [0.05, 0.1) is 30.7 Å². The summed E-state index contributed by atoms with van der Waals surface area (Å²) in [6.45, 7) is 7.01. The Kier molecular flexibility index (Phi) is 5.63. The van der Waals surface area contributed by atoms with Gasteiger partial charge in [-0.15, -0.1) is 6.58 Å². The summed E-state index contributed by atoms with van der Waals surface area (Å²) in [5, 5.41) is 13.6. The second-order valence-corrected chi connectivity index (χ2v) is 10.5. The lowest BCUT2D eigenvalue weighted by Gasteiger charge is -2.58. The van der Waals surface area contributed by atoms with Crippen LogP contribution in [0.5, 0.6) is 17.2 Å². The van der Waals surface area contributed by atoms with Crippen molar-refractivity contribution in [3.05, 3.63) is 71.4 Å². The molecule has 5 heterocycles. The lowest BCUT2D eigenvalue weighted by molar-refractivity contribution is -0.984. The molecule has 2 aromatic carbocycles. The number of methoxy groups -OCH3 is 1. The van der Waals surface area contributed by atoms with E-state index in [1.807, 2.05) is 36.4 Å². The van der Waals surface area contributed by atoms with Crippen LogP contribution in [-0.2, 0) is 6.54 Å². The first-order chi connectivity index (χ1) is 17.0. The molecule has 0 saturated carbocycles. The van der Waals surface area contributed by atoms with E-state index in [2.05, 4.69) is 17.6 Å². The van der Waals surface area contributed by atoms with Crippen LogP contribution in [0.1, 0.15) is 30.1 Å². The highest BCUT2D eigenvalue weighted by atomic mass is 35.5. The first-order valence-electron chi connectivity index (χ1n) is 12.2. The van der Waals surface area contributed by atoms with Crippen LogP contribution in [0.3, 0.4) is 0 Å². The number of aliphatic hydroxyl groups is 1. The lowest BCUT2D eigenvalue weighted by atomic mass is 9.71. The van der Waals surface area contributed by atoms with Gasteiger partial charge in [-0.1, -0.05) is 17.7 Å². The van der Waals surface area contributed by atoms with Crippen molar-refractivity contribution in [1.29, 1.82) is 0 Å². The Bertz CT molecular complexity index is 1300. The zero-order valence-electron chi connectivity index (χ0n) is 19.8. The number of nitrogens with zero attached hydrogens (tertiary/aromatic N) is 2. The van der Waals surface area contributed by atoms with E-state index in [9.17, 15) is 5.11 Å². The molecule has 6 nitrogen and oxygen atoms in total. The SMILES string of the molecule is C=CC1C[N+]2(Cc3cc4c(cc3Cl)OCO4)CCC1C[C@H]2[C@H](O)c1ccnc2ccc(OC)cc12. The summed E-state index contributed by atoms with van der Waals surface area (Å²) in [5.74, 6) is 3.14. The van der Waals surface area contributed by atoms with Crippen LogP contribution in [0.4, 0.5) is 0 Å². The molecule has 182 valence electrons. The fourth-order valence-corrected chi connectivity index (χ4v) is 6.75. The second kappa shape index (κ2) is 8.70. The van der Waals surface area contributed by atoms with Crippen molar-refractivity contribution in [2.45, 2.75) is 31.5 Å². The van der Waals surface area contributed by atoms with E-state index in [-0.39, 0.29) is 12.8 Å². The third-order valence-electron chi connectivity index (χ3n) is 8.37. The normalized spacial score (nSPS) is 27.7. The molecule has 3 saturated heterocycles. The van der Waals surface area contributed by atoms with Crippen molar-refractivity contribution >= 4 is 22.5 Å². The highest BCUT2D eigenvalue weighted by Gasteiger charge is 2.54. The summed E-state index contributed by atoms with van der Waals surface area (Å²) in [6.07, 6.45) is 5.30. The third kappa shape index (κ3) is 3.75. The maximum atomic E-state index is 12.0. The average molecular weight is 494 g/mol. The van der Waals surface area contributed by atoms with Gasteiger partial charge in [-0.2, -0.15) is 0 Å². The fraction of sp³-hybridized carbons (Fsp3) is 0.393. The number of aliphatic hydroxyl groups excluding tert-OH is 1. The first-order valence-corrected chi connectivity index (χ1v) is 12.6. The van der Waals surface area contributed by atoms with Gasteiger partial charge >= 0.3 is 0 Å². The molecule has 0 spiro atoms. The Labute approximate surface area is 210 Å². The van der Waals surface area contributed by atoms with Gasteiger partial charge in [0.25, 0.3) is 0 Å². The minimum Gasteiger partial charge on any atom is -0.497 e. The molecule has 1 N–H and O–H groups in total. The maximum Gasteiger partial charge on any atom is 0.231 e. The number of piperidine rings is 3. The van der Waals surface area contributed by atoms with E-state index in [1.54, 1.807) is 13.3 Å². The highest BCUT2D eigenvalue weighted by molar-refractivity contribution is 6.31. The van der Waals surface area contributed by atoms with Crippen LogP contribution in [0.15, 0.2) is 55.3 Å². The van der Waals surface area contributed by atoms with Crippen LogP contribution >= 0.6 is 11.6 Å². The van der Waals surface area contributed by atoms with Gasteiger partial charge in [-0.05, 0) is 41.8 Å². The highest BCUT2D eigenvalue weighted by Crippen LogP contribution is 2.49. The van der Waals surface area contributed by atoms with Crippen LogP contribution in [-0.4, -0.2) is 47.6 Å². The Morgan fingerprint density at radius 1 is 1.26 bits per heavy atom. The van der Waals surface area contributed by atoms with Crippen LogP contribution in [0.2, 0.25) is 5.02 Å². The molecule has 7 heteroatoms. The van der Waals surface area contributed by atoms with Crippen LogP contribution < -0.4 is 14.2 Å². The van der Waals surface area contributed by atoms with E-state index in [1.165, 1.54) is 0 Å². The van der Waals surface area contributed by atoms with Gasteiger partial charge in [0, 0.05) is 42.0 Å². The Hall–Kier alpha value is -2.80. The van der Waals surface area contributed by atoms with E-state index >= 15 is 0 Å². The first kappa shape index (κ1) is 22.7. The summed E-state index contributed by atoms with van der Waals surface area (Å²) < 4.78 is 17.4. The predicted molar refractivity (Wildman–Crippen MR) is 135 cm³/mol. The zero-order chi connectivity index (χ0) is 24.2. The van der Waals surface area contributed by atoms with E-state index in [0.717, 1.165) is 70.5 Å². The molecule has 4 aliphatic heterocycles. The smallest absolute Gasteiger partial charge is 0.231 e.